The van der Waals surface area contributed by atoms with Crippen LogP contribution in [0.25, 0.3) is 83.1 Å². The monoisotopic (exact) mass is 1050 g/mol. The number of anilines is 6. The van der Waals surface area contributed by atoms with E-state index in [0.29, 0.717) is 0 Å². The lowest BCUT2D eigenvalue weighted by atomic mass is 9.89. The number of fused-ring (bicyclic) bond motifs is 6. The highest BCUT2D eigenvalue weighted by molar-refractivity contribution is 6.10. The van der Waals surface area contributed by atoms with Gasteiger partial charge in [0.15, 0.2) is 0 Å². The van der Waals surface area contributed by atoms with E-state index in [1.54, 1.807) is 0 Å². The molecule has 82 heavy (non-hydrogen) atoms. The van der Waals surface area contributed by atoms with Crippen LogP contribution < -0.4 is 9.80 Å². The summed E-state index contributed by atoms with van der Waals surface area (Å²) in [6, 6.07) is 119. The van der Waals surface area contributed by atoms with Gasteiger partial charge in [-0.2, -0.15) is 0 Å². The van der Waals surface area contributed by atoms with Gasteiger partial charge in [-0.15, -0.1) is 0 Å². The molecule has 1 unspecified atom stereocenters. The van der Waals surface area contributed by atoms with Crippen molar-refractivity contribution < 1.29 is 0 Å². The van der Waals surface area contributed by atoms with Crippen LogP contribution in [0.15, 0.2) is 328 Å². The van der Waals surface area contributed by atoms with Crippen molar-refractivity contribution in [1.82, 2.24) is 4.57 Å². The fourth-order valence-corrected chi connectivity index (χ4v) is 12.5. The number of hydrogen-bond donors (Lipinski definition) is 0. The molecule has 0 amide bonds. The smallest absolute Gasteiger partial charge is 0.0542 e. The number of benzene rings is 13. The summed E-state index contributed by atoms with van der Waals surface area (Å²) in [5.41, 5.74) is 26.1. The maximum atomic E-state index is 2.40. The Labute approximate surface area is 479 Å². The second kappa shape index (κ2) is 20.8. The molecule has 1 atom stereocenters. The molecule has 0 fully saturated rings. The van der Waals surface area contributed by atoms with Crippen LogP contribution in [0.5, 0.6) is 0 Å². The highest BCUT2D eigenvalue weighted by atomic mass is 15.1. The van der Waals surface area contributed by atoms with Gasteiger partial charge in [0.2, 0.25) is 0 Å². The molecule has 1 aliphatic rings. The molecule has 0 bridgehead atoms. The van der Waals surface area contributed by atoms with E-state index in [-0.39, 0.29) is 5.92 Å². The Morgan fingerprint density at radius 1 is 0.232 bits per heavy atom. The first-order chi connectivity index (χ1) is 40.7. The third-order valence-corrected chi connectivity index (χ3v) is 16.5. The van der Waals surface area contributed by atoms with Gasteiger partial charge in [0, 0.05) is 56.5 Å². The highest BCUT2D eigenvalue weighted by Crippen LogP contribution is 2.51. The Morgan fingerprint density at radius 3 is 1.10 bits per heavy atom. The topological polar surface area (TPSA) is 11.4 Å². The average Bonchev–Trinajstić information content (AvgIpc) is 3.94. The molecule has 0 N–H and O–H groups in total. The van der Waals surface area contributed by atoms with E-state index in [9.17, 15) is 0 Å². The van der Waals surface area contributed by atoms with Crippen molar-refractivity contribution in [3.8, 4) is 61.3 Å². The van der Waals surface area contributed by atoms with E-state index >= 15 is 0 Å². The minimum absolute atomic E-state index is 0.193. The van der Waals surface area contributed by atoms with Gasteiger partial charge in [-0.3, -0.25) is 0 Å². The van der Waals surface area contributed by atoms with Gasteiger partial charge in [-0.05, 0) is 169 Å². The quantitative estimate of drug-likeness (QED) is 0.121. The number of hydrogen-bond acceptors (Lipinski definition) is 2. The molecule has 0 radical (unpaired) electrons. The first kappa shape index (κ1) is 48.4. The van der Waals surface area contributed by atoms with E-state index in [2.05, 4.69) is 342 Å². The number of rotatable bonds is 12. The van der Waals surface area contributed by atoms with Gasteiger partial charge < -0.3 is 14.4 Å². The first-order valence-corrected chi connectivity index (χ1v) is 28.3. The van der Waals surface area contributed by atoms with Crippen molar-refractivity contribution in [3.63, 3.8) is 0 Å². The Balaban J connectivity index is 0.743. The molecule has 13 aromatic carbocycles. The zero-order chi connectivity index (χ0) is 54.3. The Bertz CT molecular complexity index is 4550. The number of nitrogens with zero attached hydrogens (tertiary/aromatic N) is 3. The molecule has 0 saturated carbocycles. The van der Waals surface area contributed by atoms with Gasteiger partial charge in [-0.25, -0.2) is 0 Å². The third-order valence-electron chi connectivity index (χ3n) is 16.5. The average molecular weight is 1050 g/mol. The lowest BCUT2D eigenvalue weighted by molar-refractivity contribution is 1.01. The van der Waals surface area contributed by atoms with E-state index in [4.69, 9.17) is 0 Å². The summed E-state index contributed by atoms with van der Waals surface area (Å²) < 4.78 is 2.37. The first-order valence-electron chi connectivity index (χ1n) is 28.3. The van der Waals surface area contributed by atoms with Gasteiger partial charge in [-0.1, -0.05) is 231 Å². The van der Waals surface area contributed by atoms with Crippen molar-refractivity contribution in [1.29, 1.82) is 0 Å². The number of para-hydroxylation sites is 2. The van der Waals surface area contributed by atoms with Crippen LogP contribution in [0.2, 0.25) is 0 Å². The summed E-state index contributed by atoms with van der Waals surface area (Å²) in [6.45, 7) is 0. The summed E-state index contributed by atoms with van der Waals surface area (Å²) in [5.74, 6) is 0.193. The van der Waals surface area contributed by atoms with Crippen molar-refractivity contribution >= 4 is 55.9 Å². The minimum Gasteiger partial charge on any atom is -0.310 e. The molecule has 1 heterocycles. The summed E-state index contributed by atoms with van der Waals surface area (Å²) in [5, 5.41) is 2.44. The second-order valence-corrected chi connectivity index (χ2v) is 21.3. The largest absolute Gasteiger partial charge is 0.310 e. The van der Waals surface area contributed by atoms with Crippen LogP contribution in [0.1, 0.15) is 22.6 Å². The van der Waals surface area contributed by atoms with Gasteiger partial charge in [0.05, 0.1) is 11.0 Å². The lowest BCUT2D eigenvalue weighted by Crippen LogP contribution is -2.10. The molecule has 386 valence electrons. The lowest BCUT2D eigenvalue weighted by Gasteiger charge is -2.27. The van der Waals surface area contributed by atoms with Crippen LogP contribution in [-0.4, -0.2) is 4.57 Å². The molecule has 14 aromatic rings. The molecule has 1 aliphatic carbocycles. The summed E-state index contributed by atoms with van der Waals surface area (Å²) in [6.07, 6.45) is 0. The van der Waals surface area contributed by atoms with Crippen molar-refractivity contribution in [3.05, 3.63) is 344 Å². The van der Waals surface area contributed by atoms with Gasteiger partial charge in [0.25, 0.3) is 0 Å². The number of aromatic nitrogens is 1. The maximum Gasteiger partial charge on any atom is 0.0542 e. The third kappa shape index (κ3) is 8.82. The van der Waals surface area contributed by atoms with Crippen LogP contribution in [0, 0.1) is 0 Å². The zero-order valence-corrected chi connectivity index (χ0v) is 45.1. The predicted octanol–water partition coefficient (Wildman–Crippen LogP) is 21.6. The van der Waals surface area contributed by atoms with E-state index in [1.165, 1.54) is 83.0 Å². The van der Waals surface area contributed by atoms with E-state index in [0.717, 1.165) is 50.9 Å². The van der Waals surface area contributed by atoms with Crippen LogP contribution >= 0.6 is 0 Å². The van der Waals surface area contributed by atoms with E-state index in [1.807, 2.05) is 0 Å². The van der Waals surface area contributed by atoms with Crippen LogP contribution in [0.4, 0.5) is 34.1 Å². The molecular formula is C79H55N3. The fourth-order valence-electron chi connectivity index (χ4n) is 12.5. The molecule has 0 aliphatic heterocycles. The molecule has 0 spiro atoms. The van der Waals surface area contributed by atoms with Gasteiger partial charge >= 0.3 is 0 Å². The maximum absolute atomic E-state index is 2.40. The minimum atomic E-state index is 0.193. The second-order valence-electron chi connectivity index (χ2n) is 21.3. The van der Waals surface area contributed by atoms with Crippen LogP contribution in [0.3, 0.4) is 0 Å². The van der Waals surface area contributed by atoms with Crippen molar-refractivity contribution in [2.45, 2.75) is 5.92 Å². The summed E-state index contributed by atoms with van der Waals surface area (Å²) in [4.78, 5) is 4.78. The Hall–Kier alpha value is -10.7. The van der Waals surface area contributed by atoms with Crippen LogP contribution in [-0.2, 0) is 0 Å². The highest BCUT2D eigenvalue weighted by Gasteiger charge is 2.31. The molecular weight excluding hydrogens is 991 g/mol. The zero-order valence-electron chi connectivity index (χ0n) is 45.1. The molecule has 0 saturated heterocycles. The molecule has 3 nitrogen and oxygen atoms in total. The summed E-state index contributed by atoms with van der Waals surface area (Å²) in [7, 11) is 0. The SMILES string of the molecule is c1ccc(-c2ccc(N(c3ccc(-c4ccc(-c5ccc(N(c6ccc(-c7ccccc7)cc6)c6ccc7c(c6)c6ccccc6n7-c6ccccc6)cc5)cc4)cc3)c3ccc4c(c3)-c3ccccc3C4c3ccccc3)cc2)cc1. The fraction of sp³-hybridized carbons (Fsp3) is 0.0127. The van der Waals surface area contributed by atoms with Gasteiger partial charge in [0.1, 0.15) is 0 Å². The Kier molecular flexibility index (Phi) is 12.3. The molecule has 15 rings (SSSR count). The standard InChI is InChI=1S/C79H55N3/c1-5-17-55(18-6-1)59-33-41-65(42-34-59)80(69-49-51-74-75(53-69)71-25-13-14-27-73(71)79(74)63-21-9-3-10-22-63)66-45-37-61(38-46-66)57-29-31-58(32-30-57)62-39-47-68(48-40-62)81(67-43-35-60(36-44-67)56-19-7-2-8-20-56)70-50-52-78-76(54-70)72-26-15-16-28-77(72)82(78)64-23-11-4-12-24-64/h1-54,79H. The summed E-state index contributed by atoms with van der Waals surface area (Å²) >= 11 is 0. The normalized spacial score (nSPS) is 12.5. The molecule has 3 heteroatoms. The Morgan fingerprint density at radius 2 is 0.585 bits per heavy atom. The molecule has 1 aromatic heterocycles. The predicted molar refractivity (Wildman–Crippen MR) is 345 cm³/mol. The van der Waals surface area contributed by atoms with Crippen molar-refractivity contribution in [2.75, 3.05) is 9.80 Å². The van der Waals surface area contributed by atoms with E-state index < -0.39 is 0 Å². The van der Waals surface area contributed by atoms with Crippen molar-refractivity contribution in [2.24, 2.45) is 0 Å².